The van der Waals surface area contributed by atoms with Crippen molar-refractivity contribution < 1.29 is 9.53 Å². The van der Waals surface area contributed by atoms with Crippen LogP contribution in [0, 0.1) is 12.3 Å². The number of nitrogens with one attached hydrogen (secondary N) is 1. The molecule has 84 valence electrons. The Morgan fingerprint density at radius 3 is 2.75 bits per heavy atom. The molecule has 1 amide bonds. The molecule has 1 N–H and O–H groups in total. The van der Waals surface area contributed by atoms with E-state index in [9.17, 15) is 4.79 Å². The van der Waals surface area contributed by atoms with Crippen LogP contribution < -0.4 is 10.1 Å². The highest BCUT2D eigenvalue weighted by molar-refractivity contribution is 9.10. The van der Waals surface area contributed by atoms with Crippen molar-refractivity contribution in [2.75, 3.05) is 6.54 Å². The predicted molar refractivity (Wildman–Crippen MR) is 66.1 cm³/mol. The monoisotopic (exact) mass is 281 g/mol. The van der Waals surface area contributed by atoms with E-state index in [1.165, 1.54) is 0 Å². The SMILES string of the molecule is C#CCNC(=O)C(C)Oc1ccc(Br)cc1. The molecular weight excluding hydrogens is 270 g/mol. The highest BCUT2D eigenvalue weighted by atomic mass is 79.9. The fraction of sp³-hybridized carbons (Fsp3) is 0.250. The Bertz CT molecular complexity index is 394. The van der Waals surface area contributed by atoms with E-state index in [4.69, 9.17) is 11.2 Å². The van der Waals surface area contributed by atoms with Crippen LogP contribution in [0.15, 0.2) is 28.7 Å². The molecule has 0 aromatic heterocycles. The summed E-state index contributed by atoms with van der Waals surface area (Å²) in [6, 6.07) is 7.27. The van der Waals surface area contributed by atoms with E-state index in [1.54, 1.807) is 19.1 Å². The number of benzene rings is 1. The van der Waals surface area contributed by atoms with Crippen molar-refractivity contribution in [3.63, 3.8) is 0 Å². The summed E-state index contributed by atoms with van der Waals surface area (Å²) in [6.07, 6.45) is 4.47. The normalized spacial score (nSPS) is 11.3. The number of carbonyl (C=O) groups is 1. The van der Waals surface area contributed by atoms with E-state index in [0.717, 1.165) is 4.47 Å². The second-order valence-corrected chi connectivity index (χ2v) is 4.05. The number of carbonyl (C=O) groups excluding carboxylic acids is 1. The first-order valence-electron chi connectivity index (χ1n) is 4.77. The summed E-state index contributed by atoms with van der Waals surface area (Å²) in [6.45, 7) is 1.89. The molecule has 3 nitrogen and oxygen atoms in total. The number of rotatable bonds is 4. The molecule has 1 rings (SSSR count). The van der Waals surface area contributed by atoms with Gasteiger partial charge in [0, 0.05) is 4.47 Å². The average Bonchev–Trinajstić information content (AvgIpc) is 2.29. The van der Waals surface area contributed by atoms with Crippen LogP contribution in [0.1, 0.15) is 6.92 Å². The van der Waals surface area contributed by atoms with Crippen LogP contribution in [-0.2, 0) is 4.79 Å². The highest BCUT2D eigenvalue weighted by Gasteiger charge is 2.13. The zero-order chi connectivity index (χ0) is 12.0. The van der Waals surface area contributed by atoms with Gasteiger partial charge in [-0.2, -0.15) is 0 Å². The molecular formula is C12H12BrNO2. The third-order valence-corrected chi connectivity index (χ3v) is 2.39. The summed E-state index contributed by atoms with van der Waals surface area (Å²) in [5, 5.41) is 2.55. The molecule has 1 unspecified atom stereocenters. The lowest BCUT2D eigenvalue weighted by Crippen LogP contribution is -2.36. The zero-order valence-corrected chi connectivity index (χ0v) is 10.5. The molecule has 4 heteroatoms. The summed E-state index contributed by atoms with van der Waals surface area (Å²) in [4.78, 5) is 11.4. The van der Waals surface area contributed by atoms with Gasteiger partial charge in [-0.3, -0.25) is 4.79 Å². The molecule has 0 heterocycles. The first-order chi connectivity index (χ1) is 7.63. The van der Waals surface area contributed by atoms with Gasteiger partial charge in [-0.1, -0.05) is 21.9 Å². The van der Waals surface area contributed by atoms with Gasteiger partial charge < -0.3 is 10.1 Å². The third kappa shape index (κ3) is 3.95. The smallest absolute Gasteiger partial charge is 0.261 e. The molecule has 0 aliphatic heterocycles. The van der Waals surface area contributed by atoms with Crippen molar-refractivity contribution in [2.24, 2.45) is 0 Å². The second-order valence-electron chi connectivity index (χ2n) is 3.14. The van der Waals surface area contributed by atoms with E-state index in [1.807, 2.05) is 12.1 Å². The molecule has 1 aromatic rings. The molecule has 1 aromatic carbocycles. The van der Waals surface area contributed by atoms with Gasteiger partial charge in [-0.05, 0) is 31.2 Å². The third-order valence-electron chi connectivity index (χ3n) is 1.86. The maximum atomic E-state index is 11.4. The van der Waals surface area contributed by atoms with Crippen molar-refractivity contribution in [3.05, 3.63) is 28.7 Å². The van der Waals surface area contributed by atoms with Gasteiger partial charge in [0.1, 0.15) is 5.75 Å². The number of amides is 1. The Kier molecular flexibility index (Phi) is 4.87. The van der Waals surface area contributed by atoms with Crippen molar-refractivity contribution >= 4 is 21.8 Å². The standard InChI is InChI=1S/C12H12BrNO2/c1-3-8-14-12(15)9(2)16-11-6-4-10(13)5-7-11/h1,4-7,9H,8H2,2H3,(H,14,15). The molecule has 0 saturated heterocycles. The fourth-order valence-electron chi connectivity index (χ4n) is 1.05. The van der Waals surface area contributed by atoms with Crippen molar-refractivity contribution in [2.45, 2.75) is 13.0 Å². The van der Waals surface area contributed by atoms with Crippen molar-refractivity contribution in [1.82, 2.24) is 5.32 Å². The number of terminal acetylenes is 1. The molecule has 0 aliphatic rings. The van der Waals surface area contributed by atoms with E-state index < -0.39 is 6.10 Å². The van der Waals surface area contributed by atoms with Crippen LogP contribution in [0.3, 0.4) is 0 Å². The Labute approximate surface area is 103 Å². The lowest BCUT2D eigenvalue weighted by atomic mass is 10.3. The summed E-state index contributed by atoms with van der Waals surface area (Å²) in [5.41, 5.74) is 0. The molecule has 0 spiro atoms. The number of hydrogen-bond donors (Lipinski definition) is 1. The van der Waals surface area contributed by atoms with E-state index in [0.29, 0.717) is 5.75 Å². The lowest BCUT2D eigenvalue weighted by Gasteiger charge is -2.13. The first kappa shape index (κ1) is 12.6. The Morgan fingerprint density at radius 1 is 1.56 bits per heavy atom. The van der Waals surface area contributed by atoms with Gasteiger partial charge in [0.05, 0.1) is 6.54 Å². The average molecular weight is 282 g/mol. The number of hydrogen-bond acceptors (Lipinski definition) is 2. The van der Waals surface area contributed by atoms with E-state index in [-0.39, 0.29) is 12.5 Å². The summed E-state index contributed by atoms with van der Waals surface area (Å²) in [7, 11) is 0. The Morgan fingerprint density at radius 2 is 2.19 bits per heavy atom. The molecule has 0 aliphatic carbocycles. The number of ether oxygens (including phenoxy) is 1. The van der Waals surface area contributed by atoms with Crippen LogP contribution in [0.25, 0.3) is 0 Å². The Balaban J connectivity index is 2.51. The maximum Gasteiger partial charge on any atom is 0.261 e. The van der Waals surface area contributed by atoms with Gasteiger partial charge in [0.2, 0.25) is 0 Å². The number of halogens is 1. The predicted octanol–water partition coefficient (Wildman–Crippen LogP) is 1.97. The van der Waals surface area contributed by atoms with E-state index >= 15 is 0 Å². The zero-order valence-electron chi connectivity index (χ0n) is 8.87. The van der Waals surface area contributed by atoms with Gasteiger partial charge in [0.15, 0.2) is 6.10 Å². The largest absolute Gasteiger partial charge is 0.481 e. The van der Waals surface area contributed by atoms with Crippen LogP contribution in [0.5, 0.6) is 5.75 Å². The summed E-state index contributed by atoms with van der Waals surface area (Å²) < 4.78 is 6.39. The first-order valence-corrected chi connectivity index (χ1v) is 5.56. The lowest BCUT2D eigenvalue weighted by molar-refractivity contribution is -0.126. The van der Waals surface area contributed by atoms with Crippen LogP contribution >= 0.6 is 15.9 Å². The molecule has 0 fully saturated rings. The van der Waals surface area contributed by atoms with Crippen molar-refractivity contribution in [3.8, 4) is 18.1 Å². The minimum Gasteiger partial charge on any atom is -0.481 e. The molecule has 0 bridgehead atoms. The van der Waals surface area contributed by atoms with Crippen molar-refractivity contribution in [1.29, 1.82) is 0 Å². The summed E-state index contributed by atoms with van der Waals surface area (Å²) in [5.74, 6) is 2.75. The minimum absolute atomic E-state index is 0.215. The van der Waals surface area contributed by atoms with Crippen LogP contribution in [-0.4, -0.2) is 18.6 Å². The fourth-order valence-corrected chi connectivity index (χ4v) is 1.32. The van der Waals surface area contributed by atoms with Gasteiger partial charge in [-0.15, -0.1) is 6.42 Å². The molecule has 0 saturated carbocycles. The van der Waals surface area contributed by atoms with Gasteiger partial charge >= 0.3 is 0 Å². The quantitative estimate of drug-likeness (QED) is 0.857. The molecule has 1 atom stereocenters. The topological polar surface area (TPSA) is 38.3 Å². The highest BCUT2D eigenvalue weighted by Crippen LogP contribution is 2.17. The minimum atomic E-state index is -0.561. The maximum absolute atomic E-state index is 11.4. The second kappa shape index (κ2) is 6.19. The van der Waals surface area contributed by atoms with Gasteiger partial charge in [-0.25, -0.2) is 0 Å². The van der Waals surface area contributed by atoms with Gasteiger partial charge in [0.25, 0.3) is 5.91 Å². The van der Waals surface area contributed by atoms with E-state index in [2.05, 4.69) is 27.2 Å². The van der Waals surface area contributed by atoms with Crippen LogP contribution in [0.4, 0.5) is 0 Å². The Hall–Kier alpha value is -1.47. The van der Waals surface area contributed by atoms with Crippen LogP contribution in [0.2, 0.25) is 0 Å². The summed E-state index contributed by atoms with van der Waals surface area (Å²) >= 11 is 3.32. The molecule has 0 radical (unpaired) electrons. The molecule has 16 heavy (non-hydrogen) atoms.